The summed E-state index contributed by atoms with van der Waals surface area (Å²) in [5.41, 5.74) is 6.57. The highest BCUT2D eigenvalue weighted by molar-refractivity contribution is 7.99. The standard InChI is InChI=1S/C12H20N2S/c1-3-14(4-2)8-9-15-12-7-5-6-11(13)10-12/h5-7,10H,3-4,8-9,13H2,1-2H3. The molecule has 0 unspecified atom stereocenters. The zero-order valence-corrected chi connectivity index (χ0v) is 10.4. The molecule has 0 saturated carbocycles. The molecule has 0 aliphatic carbocycles. The Morgan fingerprint density at radius 1 is 1.27 bits per heavy atom. The molecule has 0 fully saturated rings. The molecule has 1 aromatic rings. The average molecular weight is 224 g/mol. The second-order valence-electron chi connectivity index (χ2n) is 3.45. The van der Waals surface area contributed by atoms with Gasteiger partial charge < -0.3 is 10.6 Å². The Hall–Kier alpha value is -0.670. The summed E-state index contributed by atoms with van der Waals surface area (Å²) < 4.78 is 0. The van der Waals surface area contributed by atoms with Crippen molar-refractivity contribution in [3.63, 3.8) is 0 Å². The van der Waals surface area contributed by atoms with Crippen LogP contribution in [0, 0.1) is 0 Å². The molecule has 0 atom stereocenters. The smallest absolute Gasteiger partial charge is 0.0325 e. The van der Waals surface area contributed by atoms with Crippen LogP contribution in [0.4, 0.5) is 5.69 Å². The number of hydrogen-bond donors (Lipinski definition) is 1. The molecule has 15 heavy (non-hydrogen) atoms. The number of nitrogens with zero attached hydrogens (tertiary/aromatic N) is 1. The van der Waals surface area contributed by atoms with E-state index in [2.05, 4.69) is 24.8 Å². The lowest BCUT2D eigenvalue weighted by Gasteiger charge is -2.17. The first-order valence-corrected chi connectivity index (χ1v) is 6.45. The lowest BCUT2D eigenvalue weighted by molar-refractivity contribution is 0.324. The summed E-state index contributed by atoms with van der Waals surface area (Å²) >= 11 is 1.87. The first-order valence-electron chi connectivity index (χ1n) is 5.47. The van der Waals surface area contributed by atoms with E-state index in [0.29, 0.717) is 0 Å². The van der Waals surface area contributed by atoms with Gasteiger partial charge in [0.2, 0.25) is 0 Å². The number of thioether (sulfide) groups is 1. The van der Waals surface area contributed by atoms with Crippen LogP contribution in [-0.4, -0.2) is 30.3 Å². The van der Waals surface area contributed by atoms with Crippen LogP contribution >= 0.6 is 11.8 Å². The number of benzene rings is 1. The summed E-state index contributed by atoms with van der Waals surface area (Å²) in [5.74, 6) is 1.13. The minimum absolute atomic E-state index is 0.850. The normalized spacial score (nSPS) is 10.9. The van der Waals surface area contributed by atoms with E-state index in [0.717, 1.165) is 31.1 Å². The summed E-state index contributed by atoms with van der Waals surface area (Å²) in [4.78, 5) is 3.70. The van der Waals surface area contributed by atoms with Gasteiger partial charge in [-0.2, -0.15) is 0 Å². The van der Waals surface area contributed by atoms with Gasteiger partial charge in [0.1, 0.15) is 0 Å². The molecular weight excluding hydrogens is 204 g/mol. The van der Waals surface area contributed by atoms with Crippen molar-refractivity contribution in [2.75, 3.05) is 31.1 Å². The predicted octanol–water partition coefficient (Wildman–Crippen LogP) is 2.70. The first-order chi connectivity index (χ1) is 7.26. The van der Waals surface area contributed by atoms with Gasteiger partial charge in [0, 0.05) is 22.9 Å². The largest absolute Gasteiger partial charge is 0.399 e. The fraction of sp³-hybridized carbons (Fsp3) is 0.500. The van der Waals surface area contributed by atoms with Crippen molar-refractivity contribution in [1.82, 2.24) is 4.90 Å². The molecule has 2 N–H and O–H groups in total. The first kappa shape index (κ1) is 12.4. The molecule has 2 nitrogen and oxygen atoms in total. The van der Waals surface area contributed by atoms with Gasteiger partial charge in [-0.05, 0) is 31.3 Å². The molecule has 3 heteroatoms. The van der Waals surface area contributed by atoms with Crippen LogP contribution < -0.4 is 5.73 Å². The number of nitrogens with two attached hydrogens (primary N) is 1. The Kier molecular flexibility index (Phi) is 5.58. The van der Waals surface area contributed by atoms with Crippen molar-refractivity contribution in [2.45, 2.75) is 18.7 Å². The number of anilines is 1. The van der Waals surface area contributed by atoms with E-state index in [-0.39, 0.29) is 0 Å². The van der Waals surface area contributed by atoms with E-state index in [1.165, 1.54) is 4.90 Å². The minimum Gasteiger partial charge on any atom is -0.399 e. The highest BCUT2D eigenvalue weighted by Gasteiger charge is 1.99. The Morgan fingerprint density at radius 3 is 2.60 bits per heavy atom. The van der Waals surface area contributed by atoms with Gasteiger partial charge in [-0.3, -0.25) is 0 Å². The molecule has 0 saturated heterocycles. The van der Waals surface area contributed by atoms with Gasteiger partial charge in [0.15, 0.2) is 0 Å². The maximum atomic E-state index is 5.72. The molecule has 0 amide bonds. The quantitative estimate of drug-likeness (QED) is 0.595. The highest BCUT2D eigenvalue weighted by atomic mass is 32.2. The number of rotatable bonds is 6. The van der Waals surface area contributed by atoms with E-state index in [1.54, 1.807) is 0 Å². The lowest BCUT2D eigenvalue weighted by Crippen LogP contribution is -2.25. The highest BCUT2D eigenvalue weighted by Crippen LogP contribution is 2.19. The summed E-state index contributed by atoms with van der Waals surface area (Å²) in [5, 5.41) is 0. The van der Waals surface area contributed by atoms with E-state index in [4.69, 9.17) is 5.73 Å². The molecule has 0 aliphatic rings. The van der Waals surface area contributed by atoms with Crippen LogP contribution in [-0.2, 0) is 0 Å². The summed E-state index contributed by atoms with van der Waals surface area (Å²) in [6.45, 7) is 7.82. The topological polar surface area (TPSA) is 29.3 Å². The maximum absolute atomic E-state index is 5.72. The second kappa shape index (κ2) is 6.75. The third-order valence-corrected chi connectivity index (χ3v) is 3.40. The molecule has 1 rings (SSSR count). The van der Waals surface area contributed by atoms with Crippen LogP contribution in [0.15, 0.2) is 29.2 Å². The van der Waals surface area contributed by atoms with Gasteiger partial charge in [-0.25, -0.2) is 0 Å². The van der Waals surface area contributed by atoms with E-state index < -0.39 is 0 Å². The van der Waals surface area contributed by atoms with Crippen LogP contribution in [0.5, 0.6) is 0 Å². The van der Waals surface area contributed by atoms with Crippen LogP contribution in [0.25, 0.3) is 0 Å². The molecule has 0 aromatic heterocycles. The van der Waals surface area contributed by atoms with Crippen molar-refractivity contribution in [1.29, 1.82) is 0 Å². The number of hydrogen-bond acceptors (Lipinski definition) is 3. The zero-order valence-electron chi connectivity index (χ0n) is 9.57. The van der Waals surface area contributed by atoms with Crippen molar-refractivity contribution in [2.24, 2.45) is 0 Å². The number of nitrogen functional groups attached to an aromatic ring is 1. The van der Waals surface area contributed by atoms with Crippen molar-refractivity contribution < 1.29 is 0 Å². The molecule has 0 aliphatic heterocycles. The third-order valence-electron chi connectivity index (χ3n) is 2.43. The van der Waals surface area contributed by atoms with Gasteiger partial charge in [0.25, 0.3) is 0 Å². The van der Waals surface area contributed by atoms with Crippen LogP contribution in [0.1, 0.15) is 13.8 Å². The molecular formula is C12H20N2S. The van der Waals surface area contributed by atoms with Crippen LogP contribution in [0.3, 0.4) is 0 Å². The Bertz CT molecular complexity index is 285. The summed E-state index contributed by atoms with van der Waals surface area (Å²) in [7, 11) is 0. The zero-order chi connectivity index (χ0) is 11.1. The molecule has 0 radical (unpaired) electrons. The Labute approximate surface area is 96.8 Å². The van der Waals surface area contributed by atoms with Crippen molar-refractivity contribution >= 4 is 17.4 Å². The van der Waals surface area contributed by atoms with E-state index in [9.17, 15) is 0 Å². The average Bonchev–Trinajstić information content (AvgIpc) is 2.25. The van der Waals surface area contributed by atoms with Gasteiger partial charge in [-0.15, -0.1) is 11.8 Å². The maximum Gasteiger partial charge on any atom is 0.0325 e. The van der Waals surface area contributed by atoms with E-state index in [1.807, 2.05) is 30.0 Å². The summed E-state index contributed by atoms with van der Waals surface area (Å²) in [6, 6.07) is 8.08. The Morgan fingerprint density at radius 2 is 2.00 bits per heavy atom. The molecule has 1 aromatic carbocycles. The van der Waals surface area contributed by atoms with Gasteiger partial charge >= 0.3 is 0 Å². The summed E-state index contributed by atoms with van der Waals surface area (Å²) in [6.07, 6.45) is 0. The fourth-order valence-electron chi connectivity index (χ4n) is 1.44. The molecule has 0 spiro atoms. The Balaban J connectivity index is 2.31. The van der Waals surface area contributed by atoms with Gasteiger partial charge in [0.05, 0.1) is 0 Å². The molecule has 84 valence electrons. The minimum atomic E-state index is 0.850. The predicted molar refractivity (Wildman–Crippen MR) is 69.4 cm³/mol. The molecule has 0 heterocycles. The van der Waals surface area contributed by atoms with Crippen LogP contribution in [0.2, 0.25) is 0 Å². The fourth-order valence-corrected chi connectivity index (χ4v) is 2.42. The molecule has 0 bridgehead atoms. The second-order valence-corrected chi connectivity index (χ2v) is 4.62. The SMILES string of the molecule is CCN(CC)CCSc1cccc(N)c1. The monoisotopic (exact) mass is 224 g/mol. The third kappa shape index (κ3) is 4.58. The van der Waals surface area contributed by atoms with Crippen molar-refractivity contribution in [3.8, 4) is 0 Å². The van der Waals surface area contributed by atoms with E-state index >= 15 is 0 Å². The van der Waals surface area contributed by atoms with Gasteiger partial charge in [-0.1, -0.05) is 19.9 Å². The lowest BCUT2D eigenvalue weighted by atomic mass is 10.3. The van der Waals surface area contributed by atoms with Crippen molar-refractivity contribution in [3.05, 3.63) is 24.3 Å².